The number of anilines is 2. The summed E-state index contributed by atoms with van der Waals surface area (Å²) in [5, 5.41) is 6.18. The number of benzene rings is 1. The molecule has 110 valence electrons. The molecule has 4 heteroatoms. The maximum atomic E-state index is 11.9. The second kappa shape index (κ2) is 6.88. The van der Waals surface area contributed by atoms with Crippen molar-refractivity contribution in [3.8, 4) is 0 Å². The lowest BCUT2D eigenvalue weighted by Crippen LogP contribution is -2.24. The van der Waals surface area contributed by atoms with Gasteiger partial charge in [0, 0.05) is 24.1 Å². The molecule has 0 aliphatic rings. The zero-order valence-electron chi connectivity index (χ0n) is 12.7. The number of aryl methyl sites for hydroxylation is 1. The van der Waals surface area contributed by atoms with Gasteiger partial charge < -0.3 is 10.6 Å². The highest BCUT2D eigenvalue weighted by molar-refractivity contribution is 5.93. The average molecular weight is 283 g/mol. The van der Waals surface area contributed by atoms with Crippen LogP contribution >= 0.6 is 0 Å². The van der Waals surface area contributed by atoms with E-state index in [-0.39, 0.29) is 5.91 Å². The van der Waals surface area contributed by atoms with Crippen LogP contribution in [0.3, 0.4) is 0 Å². The standard InChI is InChI=1S/C17H21N3O/c1-4-9-19-17(21)16-11-14(8-10-18-16)20-15-7-5-6-12(2)13(15)3/h5-8,10-11H,4,9H2,1-3H3,(H,18,20)(H,19,21). The second-order valence-corrected chi connectivity index (χ2v) is 5.06. The van der Waals surface area contributed by atoms with Crippen molar-refractivity contribution in [2.45, 2.75) is 27.2 Å². The Morgan fingerprint density at radius 2 is 2.05 bits per heavy atom. The summed E-state index contributed by atoms with van der Waals surface area (Å²) < 4.78 is 0. The number of aromatic nitrogens is 1. The monoisotopic (exact) mass is 283 g/mol. The van der Waals surface area contributed by atoms with Crippen LogP contribution < -0.4 is 10.6 Å². The van der Waals surface area contributed by atoms with Gasteiger partial charge in [-0.3, -0.25) is 9.78 Å². The first kappa shape index (κ1) is 15.0. The Morgan fingerprint density at radius 3 is 2.81 bits per heavy atom. The Bertz CT molecular complexity index is 638. The van der Waals surface area contributed by atoms with Gasteiger partial charge in [0.05, 0.1) is 0 Å². The third kappa shape index (κ3) is 3.81. The van der Waals surface area contributed by atoms with Crippen LogP contribution in [0.25, 0.3) is 0 Å². The van der Waals surface area contributed by atoms with Gasteiger partial charge in [-0.25, -0.2) is 0 Å². The van der Waals surface area contributed by atoms with Crippen molar-refractivity contribution in [1.82, 2.24) is 10.3 Å². The molecule has 0 saturated carbocycles. The molecule has 0 aliphatic carbocycles. The van der Waals surface area contributed by atoms with Crippen LogP contribution in [0, 0.1) is 13.8 Å². The topological polar surface area (TPSA) is 54.0 Å². The lowest BCUT2D eigenvalue weighted by Gasteiger charge is -2.12. The molecule has 2 aromatic rings. The molecule has 1 amide bonds. The zero-order valence-corrected chi connectivity index (χ0v) is 12.7. The molecule has 0 bridgehead atoms. The maximum Gasteiger partial charge on any atom is 0.269 e. The minimum Gasteiger partial charge on any atom is -0.355 e. The highest BCUT2D eigenvalue weighted by Crippen LogP contribution is 2.22. The van der Waals surface area contributed by atoms with E-state index < -0.39 is 0 Å². The maximum absolute atomic E-state index is 11.9. The van der Waals surface area contributed by atoms with Crippen LogP contribution in [0.15, 0.2) is 36.5 Å². The van der Waals surface area contributed by atoms with Crippen molar-refractivity contribution in [2.24, 2.45) is 0 Å². The van der Waals surface area contributed by atoms with Crippen molar-refractivity contribution in [1.29, 1.82) is 0 Å². The summed E-state index contributed by atoms with van der Waals surface area (Å²) in [6.45, 7) is 6.84. The van der Waals surface area contributed by atoms with Gasteiger partial charge in [0.1, 0.15) is 5.69 Å². The number of nitrogens with zero attached hydrogens (tertiary/aromatic N) is 1. The fraction of sp³-hybridized carbons (Fsp3) is 0.294. The van der Waals surface area contributed by atoms with Gasteiger partial charge in [0.25, 0.3) is 5.91 Å². The van der Waals surface area contributed by atoms with Gasteiger partial charge in [-0.1, -0.05) is 19.1 Å². The minimum atomic E-state index is -0.138. The summed E-state index contributed by atoms with van der Waals surface area (Å²) in [5.74, 6) is -0.138. The highest BCUT2D eigenvalue weighted by atomic mass is 16.1. The zero-order chi connectivity index (χ0) is 15.2. The van der Waals surface area contributed by atoms with Gasteiger partial charge >= 0.3 is 0 Å². The Balaban J connectivity index is 2.18. The third-order valence-corrected chi connectivity index (χ3v) is 3.41. The Kier molecular flexibility index (Phi) is 4.93. The van der Waals surface area contributed by atoms with Crippen molar-refractivity contribution in [3.05, 3.63) is 53.3 Å². The van der Waals surface area contributed by atoms with Gasteiger partial charge in [-0.2, -0.15) is 0 Å². The van der Waals surface area contributed by atoms with E-state index in [1.807, 2.05) is 25.1 Å². The van der Waals surface area contributed by atoms with E-state index in [4.69, 9.17) is 0 Å². The van der Waals surface area contributed by atoms with E-state index in [0.29, 0.717) is 12.2 Å². The van der Waals surface area contributed by atoms with Crippen LogP contribution in [0.4, 0.5) is 11.4 Å². The van der Waals surface area contributed by atoms with Crippen LogP contribution in [0.1, 0.15) is 35.0 Å². The predicted octanol–water partition coefficient (Wildman–Crippen LogP) is 3.58. The predicted molar refractivity (Wildman–Crippen MR) is 86.1 cm³/mol. The minimum absolute atomic E-state index is 0.138. The second-order valence-electron chi connectivity index (χ2n) is 5.06. The number of hydrogen-bond acceptors (Lipinski definition) is 3. The normalized spacial score (nSPS) is 10.2. The van der Waals surface area contributed by atoms with Crippen molar-refractivity contribution >= 4 is 17.3 Å². The number of carbonyl (C=O) groups is 1. The largest absolute Gasteiger partial charge is 0.355 e. The molecule has 1 aromatic heterocycles. The summed E-state index contributed by atoms with van der Waals surface area (Å²) in [6, 6.07) is 9.75. The summed E-state index contributed by atoms with van der Waals surface area (Å²) in [6.07, 6.45) is 2.56. The molecular weight excluding hydrogens is 262 g/mol. The third-order valence-electron chi connectivity index (χ3n) is 3.41. The first-order chi connectivity index (χ1) is 10.1. The molecule has 0 unspecified atom stereocenters. The summed E-state index contributed by atoms with van der Waals surface area (Å²) in [7, 11) is 0. The molecule has 0 saturated heterocycles. The highest BCUT2D eigenvalue weighted by Gasteiger charge is 2.08. The summed E-state index contributed by atoms with van der Waals surface area (Å²) >= 11 is 0. The SMILES string of the molecule is CCCNC(=O)c1cc(Nc2cccc(C)c2C)ccn1. The van der Waals surface area contributed by atoms with Crippen molar-refractivity contribution in [2.75, 3.05) is 11.9 Å². The summed E-state index contributed by atoms with van der Waals surface area (Å²) in [5.41, 5.74) is 4.77. The fourth-order valence-electron chi connectivity index (χ4n) is 2.00. The van der Waals surface area contributed by atoms with Crippen LogP contribution in [-0.2, 0) is 0 Å². The van der Waals surface area contributed by atoms with Gasteiger partial charge in [0.2, 0.25) is 0 Å². The molecule has 0 spiro atoms. The van der Waals surface area contributed by atoms with Crippen LogP contribution in [-0.4, -0.2) is 17.4 Å². The molecule has 0 aliphatic heterocycles. The molecule has 4 nitrogen and oxygen atoms in total. The van der Waals surface area contributed by atoms with Gasteiger partial charge in [0.15, 0.2) is 0 Å². The molecule has 0 fully saturated rings. The van der Waals surface area contributed by atoms with E-state index >= 15 is 0 Å². The molecule has 0 atom stereocenters. The van der Waals surface area contributed by atoms with E-state index in [1.165, 1.54) is 11.1 Å². The smallest absolute Gasteiger partial charge is 0.269 e. The van der Waals surface area contributed by atoms with E-state index in [2.05, 4.69) is 35.5 Å². The number of rotatable bonds is 5. The first-order valence-electron chi connectivity index (χ1n) is 7.19. The van der Waals surface area contributed by atoms with E-state index in [9.17, 15) is 4.79 Å². The number of nitrogens with one attached hydrogen (secondary N) is 2. The fourth-order valence-corrected chi connectivity index (χ4v) is 2.00. The van der Waals surface area contributed by atoms with Crippen molar-refractivity contribution < 1.29 is 4.79 Å². The lowest BCUT2D eigenvalue weighted by atomic mass is 10.1. The quantitative estimate of drug-likeness (QED) is 0.881. The van der Waals surface area contributed by atoms with Crippen LogP contribution in [0.2, 0.25) is 0 Å². The molecule has 1 aromatic carbocycles. The van der Waals surface area contributed by atoms with Gasteiger partial charge in [-0.15, -0.1) is 0 Å². The number of pyridine rings is 1. The lowest BCUT2D eigenvalue weighted by molar-refractivity contribution is 0.0949. The van der Waals surface area contributed by atoms with Gasteiger partial charge in [-0.05, 0) is 49.6 Å². The molecule has 0 radical (unpaired) electrons. The Morgan fingerprint density at radius 1 is 1.24 bits per heavy atom. The number of hydrogen-bond donors (Lipinski definition) is 2. The molecule has 2 N–H and O–H groups in total. The van der Waals surface area contributed by atoms with Crippen LogP contribution in [0.5, 0.6) is 0 Å². The molecule has 21 heavy (non-hydrogen) atoms. The number of carbonyl (C=O) groups excluding carboxylic acids is 1. The Labute approximate surface area is 125 Å². The average Bonchev–Trinajstić information content (AvgIpc) is 2.50. The van der Waals surface area contributed by atoms with E-state index in [1.54, 1.807) is 12.3 Å². The first-order valence-corrected chi connectivity index (χ1v) is 7.19. The number of amides is 1. The molecule has 2 rings (SSSR count). The summed E-state index contributed by atoms with van der Waals surface area (Å²) in [4.78, 5) is 16.0. The molecular formula is C17H21N3O. The van der Waals surface area contributed by atoms with E-state index in [0.717, 1.165) is 17.8 Å². The van der Waals surface area contributed by atoms with Crippen molar-refractivity contribution in [3.63, 3.8) is 0 Å². The Hall–Kier alpha value is -2.36. The molecule has 1 heterocycles.